The van der Waals surface area contributed by atoms with Crippen molar-refractivity contribution in [3.05, 3.63) is 0 Å². The van der Waals surface area contributed by atoms with Crippen LogP contribution in [0.4, 0.5) is 4.79 Å². The number of piperidine rings is 1. The summed E-state index contributed by atoms with van der Waals surface area (Å²) in [5.74, 6) is 0.422. The van der Waals surface area contributed by atoms with Crippen LogP contribution in [0.25, 0.3) is 0 Å². The molecule has 2 aliphatic rings. The van der Waals surface area contributed by atoms with E-state index in [1.807, 2.05) is 0 Å². The highest BCUT2D eigenvalue weighted by Gasteiger charge is 2.32. The number of hydrogen-bond acceptors (Lipinski definition) is 2. The van der Waals surface area contributed by atoms with Crippen molar-refractivity contribution in [3.63, 3.8) is 0 Å². The van der Waals surface area contributed by atoms with E-state index in [-0.39, 0.29) is 12.6 Å². The lowest BCUT2D eigenvalue weighted by molar-refractivity contribution is -0.135. The minimum absolute atomic E-state index is 0.226. The first-order chi connectivity index (χ1) is 8.16. The molecule has 17 heavy (non-hydrogen) atoms. The number of fused-ring (bicyclic) bond motifs is 1. The van der Waals surface area contributed by atoms with Crippen LogP contribution in [0.3, 0.4) is 0 Å². The Morgan fingerprint density at radius 3 is 2.59 bits per heavy atom. The van der Waals surface area contributed by atoms with Crippen LogP contribution in [0.2, 0.25) is 0 Å². The largest absolute Gasteiger partial charge is 0.480 e. The summed E-state index contributed by atoms with van der Waals surface area (Å²) in [6.45, 7) is 1.28. The van der Waals surface area contributed by atoms with Gasteiger partial charge in [0.2, 0.25) is 0 Å². The molecule has 1 heterocycles. The summed E-state index contributed by atoms with van der Waals surface area (Å²) in [5, 5.41) is 10.9. The molecule has 0 spiro atoms. The van der Waals surface area contributed by atoms with Crippen LogP contribution in [0.5, 0.6) is 0 Å². The fourth-order valence-electron chi connectivity index (χ4n) is 3.05. The summed E-state index contributed by atoms with van der Waals surface area (Å²) < 4.78 is 0. The zero-order chi connectivity index (χ0) is 12.3. The van der Waals surface area contributed by atoms with Gasteiger partial charge in [0.25, 0.3) is 0 Å². The van der Waals surface area contributed by atoms with Crippen LogP contribution in [0, 0.1) is 11.8 Å². The molecule has 1 saturated carbocycles. The van der Waals surface area contributed by atoms with E-state index in [0.717, 1.165) is 25.4 Å². The van der Waals surface area contributed by atoms with Gasteiger partial charge in [0, 0.05) is 13.1 Å². The number of nitrogens with one attached hydrogen (secondary N) is 1. The van der Waals surface area contributed by atoms with Gasteiger partial charge in [0.15, 0.2) is 0 Å². The van der Waals surface area contributed by atoms with Crippen LogP contribution in [0.15, 0.2) is 0 Å². The Labute approximate surface area is 101 Å². The van der Waals surface area contributed by atoms with Gasteiger partial charge in [0.1, 0.15) is 6.54 Å². The summed E-state index contributed by atoms with van der Waals surface area (Å²) in [4.78, 5) is 23.9. The lowest BCUT2D eigenvalue weighted by Gasteiger charge is -2.41. The number of amides is 2. The molecule has 0 aromatic heterocycles. The summed E-state index contributed by atoms with van der Waals surface area (Å²) in [5.41, 5.74) is 0. The van der Waals surface area contributed by atoms with Gasteiger partial charge in [-0.05, 0) is 24.7 Å². The molecule has 0 bridgehead atoms. The number of carbonyl (C=O) groups excluding carboxylic acids is 1. The van der Waals surface area contributed by atoms with E-state index in [2.05, 4.69) is 5.32 Å². The van der Waals surface area contributed by atoms with Crippen molar-refractivity contribution in [2.75, 3.05) is 19.6 Å². The van der Waals surface area contributed by atoms with Gasteiger partial charge in [-0.25, -0.2) is 4.79 Å². The molecular formula is C12H20N2O3. The second-order valence-corrected chi connectivity index (χ2v) is 5.09. The molecule has 1 aliphatic heterocycles. The van der Waals surface area contributed by atoms with Gasteiger partial charge in [-0.2, -0.15) is 0 Å². The molecule has 0 aromatic rings. The maximum absolute atomic E-state index is 11.7. The number of aliphatic carboxylic acids is 1. The minimum Gasteiger partial charge on any atom is -0.480 e. The molecule has 1 aliphatic carbocycles. The van der Waals surface area contributed by atoms with Crippen molar-refractivity contribution in [2.24, 2.45) is 11.8 Å². The third-order valence-corrected chi connectivity index (χ3v) is 3.97. The smallest absolute Gasteiger partial charge is 0.323 e. The molecule has 1 saturated heterocycles. The maximum atomic E-state index is 11.7. The number of carboxylic acid groups (broad SMARTS) is 1. The van der Waals surface area contributed by atoms with Crippen molar-refractivity contribution < 1.29 is 14.7 Å². The average Bonchev–Trinajstić information content (AvgIpc) is 2.35. The molecule has 2 fully saturated rings. The highest BCUT2D eigenvalue weighted by atomic mass is 16.4. The highest BCUT2D eigenvalue weighted by Crippen LogP contribution is 2.35. The number of hydrogen-bond donors (Lipinski definition) is 2. The predicted molar refractivity (Wildman–Crippen MR) is 62.7 cm³/mol. The molecule has 5 nitrogen and oxygen atoms in total. The fraction of sp³-hybridized carbons (Fsp3) is 0.833. The first-order valence-corrected chi connectivity index (χ1v) is 6.41. The van der Waals surface area contributed by atoms with Crippen molar-refractivity contribution in [1.82, 2.24) is 10.2 Å². The molecule has 2 amide bonds. The summed E-state index contributed by atoms with van der Waals surface area (Å²) >= 11 is 0. The number of rotatable bonds is 2. The Bertz CT molecular complexity index is 306. The molecule has 0 radical (unpaired) electrons. The molecule has 96 valence electrons. The lowest BCUT2D eigenvalue weighted by Crippen LogP contribution is -2.49. The maximum Gasteiger partial charge on any atom is 0.323 e. The molecule has 5 heteroatoms. The van der Waals surface area contributed by atoms with E-state index in [9.17, 15) is 9.59 Å². The lowest BCUT2D eigenvalue weighted by atomic mass is 9.75. The van der Waals surface area contributed by atoms with Gasteiger partial charge in [-0.3, -0.25) is 4.79 Å². The van der Waals surface area contributed by atoms with Crippen LogP contribution >= 0.6 is 0 Å². The first kappa shape index (κ1) is 12.2. The predicted octanol–water partition coefficient (Wildman–Crippen LogP) is 1.29. The summed E-state index contributed by atoms with van der Waals surface area (Å²) in [6, 6.07) is -0.226. The molecule has 2 N–H and O–H groups in total. The Balaban J connectivity index is 1.82. The third kappa shape index (κ3) is 3.11. The van der Waals surface area contributed by atoms with Gasteiger partial charge >= 0.3 is 12.0 Å². The number of nitrogens with zero attached hydrogens (tertiary/aromatic N) is 1. The molecular weight excluding hydrogens is 220 g/mol. The Morgan fingerprint density at radius 2 is 1.88 bits per heavy atom. The van der Waals surface area contributed by atoms with Gasteiger partial charge < -0.3 is 15.3 Å². The number of carboxylic acids is 1. The van der Waals surface area contributed by atoms with Gasteiger partial charge in [0.05, 0.1) is 0 Å². The Kier molecular flexibility index (Phi) is 3.86. The molecule has 0 aromatic carbocycles. The normalized spacial score (nSPS) is 28.4. The zero-order valence-electron chi connectivity index (χ0n) is 10.0. The topological polar surface area (TPSA) is 69.6 Å². The van der Waals surface area contributed by atoms with Crippen LogP contribution in [-0.2, 0) is 4.79 Å². The standard InChI is InChI=1S/C12H20N2O3/c15-11(16)7-13-12(17)14-6-5-9-3-1-2-4-10(9)8-14/h9-10H,1-8H2,(H,13,17)(H,15,16). The van der Waals surface area contributed by atoms with Crippen molar-refractivity contribution in [2.45, 2.75) is 32.1 Å². The number of likely N-dealkylation sites (tertiary alicyclic amines) is 1. The average molecular weight is 240 g/mol. The zero-order valence-corrected chi connectivity index (χ0v) is 10.0. The fourth-order valence-corrected chi connectivity index (χ4v) is 3.05. The minimum atomic E-state index is -0.995. The molecule has 2 unspecified atom stereocenters. The molecule has 2 atom stereocenters. The monoisotopic (exact) mass is 240 g/mol. The van der Waals surface area contributed by atoms with Crippen LogP contribution in [0.1, 0.15) is 32.1 Å². The summed E-state index contributed by atoms with van der Waals surface area (Å²) in [7, 11) is 0. The summed E-state index contributed by atoms with van der Waals surface area (Å²) in [6.07, 6.45) is 6.19. The van der Waals surface area contributed by atoms with E-state index in [1.54, 1.807) is 4.90 Å². The first-order valence-electron chi connectivity index (χ1n) is 6.41. The third-order valence-electron chi connectivity index (χ3n) is 3.97. The Hall–Kier alpha value is -1.26. The van der Waals surface area contributed by atoms with E-state index in [0.29, 0.717) is 5.92 Å². The van der Waals surface area contributed by atoms with Crippen molar-refractivity contribution >= 4 is 12.0 Å². The van der Waals surface area contributed by atoms with E-state index >= 15 is 0 Å². The number of carbonyl (C=O) groups is 2. The van der Waals surface area contributed by atoms with E-state index in [1.165, 1.54) is 25.7 Å². The van der Waals surface area contributed by atoms with Gasteiger partial charge in [-0.1, -0.05) is 19.3 Å². The highest BCUT2D eigenvalue weighted by molar-refractivity contribution is 5.80. The van der Waals surface area contributed by atoms with E-state index < -0.39 is 5.97 Å². The van der Waals surface area contributed by atoms with Gasteiger partial charge in [-0.15, -0.1) is 0 Å². The molecule has 2 rings (SSSR count). The van der Waals surface area contributed by atoms with Crippen molar-refractivity contribution in [3.8, 4) is 0 Å². The quantitative estimate of drug-likeness (QED) is 0.764. The Morgan fingerprint density at radius 1 is 1.18 bits per heavy atom. The van der Waals surface area contributed by atoms with Crippen LogP contribution in [-0.4, -0.2) is 41.6 Å². The second kappa shape index (κ2) is 5.38. The second-order valence-electron chi connectivity index (χ2n) is 5.09. The SMILES string of the molecule is O=C(O)CNC(=O)N1CCC2CCCCC2C1. The van der Waals surface area contributed by atoms with Crippen LogP contribution < -0.4 is 5.32 Å². The van der Waals surface area contributed by atoms with Crippen molar-refractivity contribution in [1.29, 1.82) is 0 Å². The van der Waals surface area contributed by atoms with E-state index in [4.69, 9.17) is 5.11 Å². The number of urea groups is 1.